The number of amides is 4. The van der Waals surface area contributed by atoms with E-state index in [1.807, 2.05) is 6.07 Å². The predicted molar refractivity (Wildman–Crippen MR) is 100 cm³/mol. The normalized spacial score (nSPS) is 25.3. The van der Waals surface area contributed by atoms with Crippen molar-refractivity contribution in [3.8, 4) is 0 Å². The first kappa shape index (κ1) is 18.0. The Labute approximate surface area is 159 Å². The number of likely N-dealkylation sites (N-methyl/N-ethyl adjacent to an activating group) is 1. The summed E-state index contributed by atoms with van der Waals surface area (Å²) in [5, 5.41) is 2.45. The van der Waals surface area contributed by atoms with Gasteiger partial charge in [0.1, 0.15) is 6.54 Å². The quantitative estimate of drug-likeness (QED) is 0.807. The number of imide groups is 1. The number of nitrogens with zero attached hydrogens (tertiary/aromatic N) is 3. The summed E-state index contributed by atoms with van der Waals surface area (Å²) >= 11 is 0. The van der Waals surface area contributed by atoms with E-state index in [1.165, 1.54) is 5.56 Å². The fourth-order valence-corrected chi connectivity index (χ4v) is 4.76. The van der Waals surface area contributed by atoms with E-state index >= 15 is 0 Å². The smallest absolute Gasteiger partial charge is 0.325 e. The van der Waals surface area contributed by atoms with Crippen molar-refractivity contribution in [3.63, 3.8) is 0 Å². The highest BCUT2D eigenvalue weighted by atomic mass is 16.2. The minimum Gasteiger partial charge on any atom is -0.341 e. The molecule has 0 radical (unpaired) electrons. The minimum atomic E-state index is -0.469. The molecule has 3 aliphatic rings. The lowest BCUT2D eigenvalue weighted by molar-refractivity contribution is -0.138. The van der Waals surface area contributed by atoms with Gasteiger partial charge in [-0.2, -0.15) is 0 Å². The van der Waals surface area contributed by atoms with Gasteiger partial charge in [-0.25, -0.2) is 4.79 Å². The van der Waals surface area contributed by atoms with Crippen molar-refractivity contribution >= 4 is 17.8 Å². The number of carbonyl (C=O) groups is 3. The molecule has 0 aliphatic carbocycles. The molecule has 3 fully saturated rings. The zero-order valence-corrected chi connectivity index (χ0v) is 15.7. The maximum Gasteiger partial charge on any atom is 0.325 e. The number of urea groups is 1. The Balaban J connectivity index is 1.36. The summed E-state index contributed by atoms with van der Waals surface area (Å²) in [6.07, 6.45) is 2.97. The molecule has 0 unspecified atom stereocenters. The molecule has 3 saturated heterocycles. The van der Waals surface area contributed by atoms with Crippen molar-refractivity contribution < 1.29 is 14.4 Å². The second-order valence-electron chi connectivity index (χ2n) is 7.94. The molecule has 0 aromatic heterocycles. The Morgan fingerprint density at radius 1 is 1.19 bits per heavy atom. The lowest BCUT2D eigenvalue weighted by Crippen LogP contribution is -2.53. The molecule has 0 bridgehead atoms. The molecular weight excluding hydrogens is 344 g/mol. The molecule has 1 aromatic rings. The first-order chi connectivity index (χ1) is 13.0. The number of likely N-dealkylation sites (tertiary alicyclic amines) is 2. The molecule has 3 heterocycles. The molecule has 27 heavy (non-hydrogen) atoms. The van der Waals surface area contributed by atoms with Crippen LogP contribution in [-0.2, 0) is 9.59 Å². The van der Waals surface area contributed by atoms with Gasteiger partial charge < -0.3 is 10.2 Å². The zero-order valence-electron chi connectivity index (χ0n) is 15.7. The number of nitrogens with one attached hydrogen (secondary N) is 1. The highest BCUT2D eigenvalue weighted by molar-refractivity contribution is 6.04. The standard InChI is InChI=1S/C20H26N4O3/c1-22-13-16(15-5-3-2-4-6-15)11-20(22)7-9-23(10-8-20)18(26)14-24-17(25)12-21-19(24)27/h2-6,16H,7-14H2,1H3,(H,21,27)/t16-/m0/s1. The average molecular weight is 370 g/mol. The highest BCUT2D eigenvalue weighted by Gasteiger charge is 2.46. The molecule has 7 heteroatoms. The van der Waals surface area contributed by atoms with E-state index in [1.54, 1.807) is 4.90 Å². The van der Waals surface area contributed by atoms with Crippen molar-refractivity contribution in [1.82, 2.24) is 20.0 Å². The van der Waals surface area contributed by atoms with Crippen molar-refractivity contribution in [2.75, 3.05) is 39.8 Å². The van der Waals surface area contributed by atoms with Gasteiger partial charge >= 0.3 is 6.03 Å². The third-order valence-electron chi connectivity index (χ3n) is 6.48. The first-order valence-corrected chi connectivity index (χ1v) is 9.61. The zero-order chi connectivity index (χ0) is 19.0. The van der Waals surface area contributed by atoms with Crippen LogP contribution in [0.3, 0.4) is 0 Å². The minimum absolute atomic E-state index is 0.0130. The summed E-state index contributed by atoms with van der Waals surface area (Å²) in [4.78, 5) is 41.2. The monoisotopic (exact) mass is 370 g/mol. The molecule has 0 saturated carbocycles. The van der Waals surface area contributed by atoms with Crippen LogP contribution in [0, 0.1) is 0 Å². The van der Waals surface area contributed by atoms with Crippen LogP contribution in [0.15, 0.2) is 30.3 Å². The number of benzene rings is 1. The van der Waals surface area contributed by atoms with Crippen LogP contribution in [0.4, 0.5) is 4.79 Å². The van der Waals surface area contributed by atoms with Gasteiger partial charge in [-0.15, -0.1) is 0 Å². The molecule has 3 aliphatic heterocycles. The summed E-state index contributed by atoms with van der Waals surface area (Å²) < 4.78 is 0. The average Bonchev–Trinajstić information content (AvgIpc) is 3.17. The third kappa shape index (κ3) is 3.32. The van der Waals surface area contributed by atoms with Crippen LogP contribution < -0.4 is 5.32 Å². The number of rotatable bonds is 3. The van der Waals surface area contributed by atoms with E-state index < -0.39 is 6.03 Å². The van der Waals surface area contributed by atoms with Crippen molar-refractivity contribution in [1.29, 1.82) is 0 Å². The van der Waals surface area contributed by atoms with E-state index in [0.29, 0.717) is 19.0 Å². The van der Waals surface area contributed by atoms with Gasteiger partial charge in [0, 0.05) is 25.2 Å². The van der Waals surface area contributed by atoms with Gasteiger partial charge in [-0.1, -0.05) is 30.3 Å². The number of hydrogen-bond donors (Lipinski definition) is 1. The Hall–Kier alpha value is -2.41. The van der Waals surface area contributed by atoms with Crippen LogP contribution in [0.2, 0.25) is 0 Å². The van der Waals surface area contributed by atoms with Crippen LogP contribution >= 0.6 is 0 Å². The summed E-state index contributed by atoms with van der Waals surface area (Å²) in [5.41, 5.74) is 1.52. The first-order valence-electron chi connectivity index (χ1n) is 9.61. The van der Waals surface area contributed by atoms with Gasteiger partial charge in [0.2, 0.25) is 5.91 Å². The Morgan fingerprint density at radius 2 is 1.89 bits per heavy atom. The summed E-state index contributed by atoms with van der Waals surface area (Å²) in [6.45, 7) is 2.23. The molecule has 1 aromatic carbocycles. The Bertz CT molecular complexity index is 727. The fraction of sp³-hybridized carbons (Fsp3) is 0.550. The van der Waals surface area contributed by atoms with Crippen molar-refractivity contribution in [2.24, 2.45) is 0 Å². The summed E-state index contributed by atoms with van der Waals surface area (Å²) in [6, 6.07) is 10.2. The van der Waals surface area contributed by atoms with Gasteiger partial charge in [-0.05, 0) is 37.8 Å². The number of hydrogen-bond acceptors (Lipinski definition) is 4. The van der Waals surface area contributed by atoms with Crippen LogP contribution in [0.25, 0.3) is 0 Å². The second kappa shape index (κ2) is 6.96. The maximum absolute atomic E-state index is 12.6. The van der Waals surface area contributed by atoms with Crippen molar-refractivity contribution in [3.05, 3.63) is 35.9 Å². The van der Waals surface area contributed by atoms with Crippen LogP contribution in [-0.4, -0.2) is 77.9 Å². The Morgan fingerprint density at radius 3 is 2.52 bits per heavy atom. The number of carbonyl (C=O) groups excluding carboxylic acids is 3. The van der Waals surface area contributed by atoms with E-state index in [2.05, 4.69) is 41.5 Å². The summed E-state index contributed by atoms with van der Waals surface area (Å²) in [5.74, 6) is 0.0583. The van der Waals surface area contributed by atoms with Crippen LogP contribution in [0.1, 0.15) is 30.7 Å². The lowest BCUT2D eigenvalue weighted by atomic mass is 9.81. The largest absolute Gasteiger partial charge is 0.341 e. The van der Waals surface area contributed by atoms with Gasteiger partial charge in [-0.3, -0.25) is 19.4 Å². The molecular formula is C20H26N4O3. The second-order valence-corrected chi connectivity index (χ2v) is 7.94. The van der Waals surface area contributed by atoms with Gasteiger partial charge in [0.05, 0.1) is 6.54 Å². The molecule has 144 valence electrons. The molecule has 7 nitrogen and oxygen atoms in total. The van der Waals surface area contributed by atoms with E-state index in [-0.39, 0.29) is 30.4 Å². The molecule has 1 N–H and O–H groups in total. The molecule has 1 atom stereocenters. The summed E-state index contributed by atoms with van der Waals surface area (Å²) in [7, 11) is 2.19. The maximum atomic E-state index is 12.6. The fourth-order valence-electron chi connectivity index (χ4n) is 4.76. The molecule has 1 spiro atoms. The lowest BCUT2D eigenvalue weighted by Gasteiger charge is -2.43. The predicted octanol–water partition coefficient (Wildman–Crippen LogP) is 1.02. The van der Waals surface area contributed by atoms with Gasteiger partial charge in [0.25, 0.3) is 5.91 Å². The molecule has 4 rings (SSSR count). The van der Waals surface area contributed by atoms with Gasteiger partial charge in [0.15, 0.2) is 0 Å². The number of piperidine rings is 1. The van der Waals surface area contributed by atoms with E-state index in [0.717, 1.165) is 30.7 Å². The van der Waals surface area contributed by atoms with E-state index in [9.17, 15) is 14.4 Å². The van der Waals surface area contributed by atoms with Crippen LogP contribution in [0.5, 0.6) is 0 Å². The third-order valence-corrected chi connectivity index (χ3v) is 6.48. The van der Waals surface area contributed by atoms with E-state index in [4.69, 9.17) is 0 Å². The SMILES string of the molecule is CN1C[C@@H](c2ccccc2)CC12CCN(C(=O)CN1C(=O)CNC1=O)CC2. The van der Waals surface area contributed by atoms with Crippen molar-refractivity contribution in [2.45, 2.75) is 30.7 Å². The molecule has 4 amide bonds. The highest BCUT2D eigenvalue weighted by Crippen LogP contribution is 2.43. The topological polar surface area (TPSA) is 73.0 Å². The Kier molecular flexibility index (Phi) is 4.63.